The van der Waals surface area contributed by atoms with Gasteiger partial charge >= 0.3 is 0 Å². The van der Waals surface area contributed by atoms with Gasteiger partial charge < -0.3 is 10.4 Å². The van der Waals surface area contributed by atoms with Gasteiger partial charge in [-0.25, -0.2) is 0 Å². The number of aliphatic hydroxyl groups is 1. The second-order valence-electron chi connectivity index (χ2n) is 9.16. The van der Waals surface area contributed by atoms with Gasteiger partial charge in [0.2, 0.25) is 0 Å². The molecule has 4 bridgehead atoms. The molecule has 4 atom stereocenters. The van der Waals surface area contributed by atoms with E-state index < -0.39 is 0 Å². The predicted molar refractivity (Wildman–Crippen MR) is 76.9 cm³/mol. The summed E-state index contributed by atoms with van der Waals surface area (Å²) >= 11 is 0. The largest absolute Gasteiger partial charge is 0.392 e. The summed E-state index contributed by atoms with van der Waals surface area (Å²) < 4.78 is 0. The fourth-order valence-electron chi connectivity index (χ4n) is 7.11. The molecule has 0 aromatic carbocycles. The van der Waals surface area contributed by atoms with Gasteiger partial charge in [-0.15, -0.1) is 0 Å². The molecule has 0 heterocycles. The molecule has 2 unspecified atom stereocenters. The van der Waals surface area contributed by atoms with Crippen LogP contribution in [0.1, 0.15) is 71.6 Å². The normalized spacial score (nSPS) is 59.8. The summed E-state index contributed by atoms with van der Waals surface area (Å²) in [6.45, 7) is 5.05. The Morgan fingerprint density at radius 2 is 1.63 bits per heavy atom. The van der Waals surface area contributed by atoms with E-state index in [0.29, 0.717) is 22.4 Å². The van der Waals surface area contributed by atoms with Crippen LogP contribution in [-0.4, -0.2) is 22.8 Å². The molecule has 5 aliphatic carbocycles. The van der Waals surface area contributed by atoms with Crippen LogP contribution in [0.15, 0.2) is 0 Å². The van der Waals surface area contributed by atoms with E-state index in [1.807, 2.05) is 0 Å². The first-order valence-corrected chi connectivity index (χ1v) is 8.35. The van der Waals surface area contributed by atoms with Crippen molar-refractivity contribution in [1.82, 2.24) is 5.32 Å². The van der Waals surface area contributed by atoms with E-state index in [1.165, 1.54) is 51.4 Å². The lowest BCUT2D eigenvalue weighted by atomic mass is 9.42. The number of rotatable bonds is 2. The fraction of sp³-hybridized carbons (Fsp3) is 1.00. The number of hydrogen-bond acceptors (Lipinski definition) is 2. The summed E-state index contributed by atoms with van der Waals surface area (Å²) in [5.74, 6) is 0.942. The van der Waals surface area contributed by atoms with Gasteiger partial charge in [-0.3, -0.25) is 0 Å². The van der Waals surface area contributed by atoms with Crippen molar-refractivity contribution in [3.63, 3.8) is 0 Å². The summed E-state index contributed by atoms with van der Waals surface area (Å²) in [7, 11) is 0. The van der Waals surface area contributed by atoms with Crippen molar-refractivity contribution >= 4 is 0 Å². The maximum Gasteiger partial charge on any atom is 0.0693 e. The Morgan fingerprint density at radius 3 is 2.16 bits per heavy atom. The molecule has 5 saturated carbocycles. The van der Waals surface area contributed by atoms with Crippen LogP contribution >= 0.6 is 0 Å². The Hall–Kier alpha value is -0.0800. The van der Waals surface area contributed by atoms with Crippen LogP contribution in [0.2, 0.25) is 0 Å². The molecule has 108 valence electrons. The summed E-state index contributed by atoms with van der Waals surface area (Å²) in [5.41, 5.74) is 1.51. The third kappa shape index (κ3) is 1.98. The van der Waals surface area contributed by atoms with Crippen LogP contribution in [0.25, 0.3) is 0 Å². The molecule has 2 nitrogen and oxygen atoms in total. The van der Waals surface area contributed by atoms with Gasteiger partial charge in [0.05, 0.1) is 6.10 Å². The van der Waals surface area contributed by atoms with Crippen molar-refractivity contribution in [3.8, 4) is 0 Å². The zero-order valence-electron chi connectivity index (χ0n) is 12.5. The molecule has 5 rings (SSSR count). The van der Waals surface area contributed by atoms with Crippen LogP contribution in [0, 0.1) is 16.7 Å². The van der Waals surface area contributed by atoms with Crippen LogP contribution in [0.3, 0.4) is 0 Å². The molecule has 0 aromatic heterocycles. The standard InChI is InChI=1S/C17H29NO/c1-15-6-12-7-16(2,9-15)11-17(8-12,10-15)18-13-4-3-5-14(13)19/h12-14,18-19H,3-11H2,1-2H3/t12?,13-,14-,15?,16?,17?/m0/s1. The zero-order chi connectivity index (χ0) is 13.3. The van der Waals surface area contributed by atoms with Gasteiger partial charge in [0.15, 0.2) is 0 Å². The second kappa shape index (κ2) is 3.76. The average Bonchev–Trinajstić information content (AvgIpc) is 2.57. The predicted octanol–water partition coefficient (Wildman–Crippen LogP) is 3.24. The van der Waals surface area contributed by atoms with Crippen molar-refractivity contribution in [2.24, 2.45) is 16.7 Å². The molecular formula is C17H29NO. The van der Waals surface area contributed by atoms with E-state index in [1.54, 1.807) is 0 Å². The highest BCUT2D eigenvalue weighted by Crippen LogP contribution is 2.66. The minimum absolute atomic E-state index is 0.0892. The van der Waals surface area contributed by atoms with Crippen LogP contribution < -0.4 is 5.32 Å². The molecule has 2 N–H and O–H groups in total. The van der Waals surface area contributed by atoms with Crippen molar-refractivity contribution in [2.45, 2.75) is 89.3 Å². The van der Waals surface area contributed by atoms with E-state index in [9.17, 15) is 5.11 Å². The van der Waals surface area contributed by atoms with Gasteiger partial charge in [-0.05, 0) is 74.5 Å². The Labute approximate surface area is 117 Å². The van der Waals surface area contributed by atoms with Crippen molar-refractivity contribution in [1.29, 1.82) is 0 Å². The quantitative estimate of drug-likeness (QED) is 0.801. The maximum absolute atomic E-state index is 10.2. The highest BCUT2D eigenvalue weighted by Gasteiger charge is 2.60. The van der Waals surface area contributed by atoms with E-state index in [0.717, 1.165) is 12.3 Å². The fourth-order valence-corrected chi connectivity index (χ4v) is 7.11. The summed E-state index contributed by atoms with van der Waals surface area (Å²) in [6.07, 6.45) is 11.7. The van der Waals surface area contributed by atoms with Gasteiger partial charge in [0.1, 0.15) is 0 Å². The molecule has 19 heavy (non-hydrogen) atoms. The molecule has 0 saturated heterocycles. The lowest BCUT2D eigenvalue weighted by Gasteiger charge is -2.66. The average molecular weight is 263 g/mol. The van der Waals surface area contributed by atoms with Gasteiger partial charge in [-0.1, -0.05) is 13.8 Å². The molecule has 5 fully saturated rings. The molecule has 0 spiro atoms. The first-order chi connectivity index (χ1) is 8.90. The number of hydrogen-bond donors (Lipinski definition) is 2. The topological polar surface area (TPSA) is 32.3 Å². The maximum atomic E-state index is 10.2. The molecule has 2 heteroatoms. The van der Waals surface area contributed by atoms with Crippen molar-refractivity contribution < 1.29 is 5.11 Å². The summed E-state index contributed by atoms with van der Waals surface area (Å²) in [5, 5.41) is 14.1. The number of nitrogens with one attached hydrogen (secondary N) is 1. The van der Waals surface area contributed by atoms with Crippen LogP contribution in [0.5, 0.6) is 0 Å². The molecule has 5 aliphatic rings. The van der Waals surface area contributed by atoms with Gasteiger partial charge in [0, 0.05) is 11.6 Å². The third-order valence-electron chi connectivity index (χ3n) is 6.60. The Balaban J connectivity index is 1.60. The first kappa shape index (κ1) is 12.6. The summed E-state index contributed by atoms with van der Waals surface area (Å²) in [6, 6.07) is 0.378. The van der Waals surface area contributed by atoms with E-state index in [4.69, 9.17) is 0 Å². The van der Waals surface area contributed by atoms with Crippen LogP contribution in [0.4, 0.5) is 0 Å². The molecule has 0 radical (unpaired) electrons. The lowest BCUT2D eigenvalue weighted by molar-refractivity contribution is -0.123. The minimum Gasteiger partial charge on any atom is -0.392 e. The minimum atomic E-state index is -0.0892. The van der Waals surface area contributed by atoms with Crippen LogP contribution in [-0.2, 0) is 0 Å². The Kier molecular flexibility index (Phi) is 2.50. The van der Waals surface area contributed by atoms with Gasteiger partial charge in [0.25, 0.3) is 0 Å². The first-order valence-electron chi connectivity index (χ1n) is 8.35. The van der Waals surface area contributed by atoms with Crippen molar-refractivity contribution in [3.05, 3.63) is 0 Å². The zero-order valence-corrected chi connectivity index (χ0v) is 12.5. The smallest absolute Gasteiger partial charge is 0.0693 e. The van der Waals surface area contributed by atoms with Crippen molar-refractivity contribution in [2.75, 3.05) is 0 Å². The second-order valence-corrected chi connectivity index (χ2v) is 9.16. The monoisotopic (exact) mass is 263 g/mol. The molecular weight excluding hydrogens is 234 g/mol. The Morgan fingerprint density at radius 1 is 0.947 bits per heavy atom. The lowest BCUT2D eigenvalue weighted by Crippen LogP contribution is -2.66. The molecule has 0 aliphatic heterocycles. The summed E-state index contributed by atoms with van der Waals surface area (Å²) in [4.78, 5) is 0. The van der Waals surface area contributed by atoms with E-state index >= 15 is 0 Å². The highest BCUT2D eigenvalue weighted by atomic mass is 16.3. The van der Waals surface area contributed by atoms with E-state index in [-0.39, 0.29) is 6.10 Å². The highest BCUT2D eigenvalue weighted by molar-refractivity contribution is 5.15. The molecule has 0 aromatic rings. The van der Waals surface area contributed by atoms with Gasteiger partial charge in [-0.2, -0.15) is 0 Å². The third-order valence-corrected chi connectivity index (χ3v) is 6.60. The Bertz CT molecular complexity index is 375. The molecule has 0 amide bonds. The number of aliphatic hydroxyl groups excluding tert-OH is 1. The SMILES string of the molecule is CC12CC3CC(C)(C1)CC(N[C@H]1CCC[C@@H]1O)(C3)C2. The van der Waals surface area contributed by atoms with E-state index in [2.05, 4.69) is 19.2 Å².